The summed E-state index contributed by atoms with van der Waals surface area (Å²) in [6, 6.07) is 3.63. The number of ether oxygens (including phenoxy) is 2. The van der Waals surface area contributed by atoms with Gasteiger partial charge in [0.05, 0.1) is 18.8 Å². The molecule has 0 amide bonds. The summed E-state index contributed by atoms with van der Waals surface area (Å²) in [7, 11) is 2.07. The summed E-state index contributed by atoms with van der Waals surface area (Å²) in [6.45, 7) is 2.91. The van der Waals surface area contributed by atoms with Gasteiger partial charge in [-0.15, -0.1) is 0 Å². The van der Waals surface area contributed by atoms with E-state index in [9.17, 15) is 5.11 Å². The minimum absolute atomic E-state index is 0.139. The van der Waals surface area contributed by atoms with E-state index in [-0.39, 0.29) is 11.8 Å². The minimum Gasteiger partial charge on any atom is -0.507 e. The van der Waals surface area contributed by atoms with Crippen LogP contribution < -0.4 is 15.2 Å². The van der Waals surface area contributed by atoms with Crippen molar-refractivity contribution in [3.63, 3.8) is 0 Å². The van der Waals surface area contributed by atoms with E-state index in [4.69, 9.17) is 15.2 Å². The van der Waals surface area contributed by atoms with E-state index in [1.54, 1.807) is 12.1 Å². The molecule has 2 unspecified atom stereocenters. The van der Waals surface area contributed by atoms with E-state index in [1.807, 2.05) is 0 Å². The Hall–Kier alpha value is -1.46. The number of rotatable bonds is 2. The molecule has 110 valence electrons. The molecule has 3 N–H and O–H groups in total. The third kappa shape index (κ3) is 2.31. The van der Waals surface area contributed by atoms with Crippen LogP contribution in [0.4, 0.5) is 0 Å². The van der Waals surface area contributed by atoms with Crippen LogP contribution in [0.15, 0.2) is 12.1 Å². The number of phenols is 1. The van der Waals surface area contributed by atoms with Crippen LogP contribution in [-0.4, -0.2) is 43.4 Å². The zero-order valence-corrected chi connectivity index (χ0v) is 11.8. The molecule has 1 aromatic rings. The normalized spacial score (nSPS) is 26.5. The van der Waals surface area contributed by atoms with Crippen molar-refractivity contribution in [1.29, 1.82) is 0 Å². The van der Waals surface area contributed by atoms with Crippen LogP contribution in [0.3, 0.4) is 0 Å². The zero-order chi connectivity index (χ0) is 14.1. The van der Waals surface area contributed by atoms with E-state index >= 15 is 0 Å². The number of benzene rings is 1. The Morgan fingerprint density at radius 2 is 2.15 bits per heavy atom. The van der Waals surface area contributed by atoms with E-state index in [1.165, 1.54) is 0 Å². The van der Waals surface area contributed by atoms with Gasteiger partial charge >= 0.3 is 0 Å². The second kappa shape index (κ2) is 5.50. The molecule has 0 aromatic heterocycles. The first-order chi connectivity index (χ1) is 9.70. The van der Waals surface area contributed by atoms with Gasteiger partial charge in [0, 0.05) is 19.0 Å². The highest BCUT2D eigenvalue weighted by molar-refractivity contribution is 5.55. The average Bonchev–Trinajstić information content (AvgIpc) is 2.67. The molecule has 5 heteroatoms. The summed E-state index contributed by atoms with van der Waals surface area (Å²) in [5, 5.41) is 10.3. The van der Waals surface area contributed by atoms with Gasteiger partial charge in [-0.2, -0.15) is 0 Å². The fourth-order valence-electron chi connectivity index (χ4n) is 3.18. The molecule has 2 aliphatic rings. The van der Waals surface area contributed by atoms with Gasteiger partial charge in [-0.3, -0.25) is 4.90 Å². The predicted molar refractivity (Wildman–Crippen MR) is 76.2 cm³/mol. The number of hydrogen-bond donors (Lipinski definition) is 2. The highest BCUT2D eigenvalue weighted by atomic mass is 16.5. The van der Waals surface area contributed by atoms with Gasteiger partial charge in [0.15, 0.2) is 11.5 Å². The topological polar surface area (TPSA) is 68.0 Å². The molecule has 0 spiro atoms. The zero-order valence-electron chi connectivity index (χ0n) is 11.8. The molecule has 3 rings (SSSR count). The van der Waals surface area contributed by atoms with Gasteiger partial charge in [0.2, 0.25) is 0 Å². The SMILES string of the molecule is CN1CC(CN)CC1c1c(O)ccc2c1OCCCO2. The van der Waals surface area contributed by atoms with Crippen molar-refractivity contribution in [1.82, 2.24) is 4.90 Å². The number of hydrogen-bond acceptors (Lipinski definition) is 5. The van der Waals surface area contributed by atoms with E-state index in [0.717, 1.165) is 30.7 Å². The standard InChI is InChI=1S/C15H22N2O3/c1-17-9-10(8-16)7-11(17)14-12(18)3-4-13-15(14)20-6-2-5-19-13/h3-4,10-11,18H,2,5-9,16H2,1H3. The summed E-state index contributed by atoms with van der Waals surface area (Å²) >= 11 is 0. The number of phenolic OH excluding ortho intramolecular Hbond substituents is 1. The number of likely N-dealkylation sites (tertiary alicyclic amines) is 1. The Morgan fingerprint density at radius 1 is 1.35 bits per heavy atom. The predicted octanol–water partition coefficient (Wildman–Crippen LogP) is 1.50. The van der Waals surface area contributed by atoms with Gasteiger partial charge in [-0.05, 0) is 38.1 Å². The summed E-state index contributed by atoms with van der Waals surface area (Å²) in [6.07, 6.45) is 1.81. The lowest BCUT2D eigenvalue weighted by Crippen LogP contribution is -2.21. The Bertz CT molecular complexity index is 492. The molecular formula is C15H22N2O3. The monoisotopic (exact) mass is 278 g/mol. The maximum atomic E-state index is 10.3. The maximum absolute atomic E-state index is 10.3. The van der Waals surface area contributed by atoms with E-state index < -0.39 is 0 Å². The molecule has 1 fully saturated rings. The van der Waals surface area contributed by atoms with Crippen molar-refractivity contribution in [2.24, 2.45) is 11.7 Å². The van der Waals surface area contributed by atoms with Crippen molar-refractivity contribution in [2.75, 3.05) is 33.4 Å². The summed E-state index contributed by atoms with van der Waals surface area (Å²) in [5.74, 6) is 2.19. The molecule has 5 nitrogen and oxygen atoms in total. The van der Waals surface area contributed by atoms with Crippen molar-refractivity contribution < 1.29 is 14.6 Å². The molecular weight excluding hydrogens is 256 g/mol. The van der Waals surface area contributed by atoms with Gasteiger partial charge in [-0.25, -0.2) is 0 Å². The summed E-state index contributed by atoms with van der Waals surface area (Å²) < 4.78 is 11.6. The van der Waals surface area contributed by atoms with Crippen LogP contribution in [0, 0.1) is 5.92 Å². The molecule has 0 saturated carbocycles. The molecule has 1 aromatic carbocycles. The molecule has 2 heterocycles. The first kappa shape index (κ1) is 13.5. The van der Waals surface area contributed by atoms with Crippen LogP contribution in [0.25, 0.3) is 0 Å². The fourth-order valence-corrected chi connectivity index (χ4v) is 3.18. The lowest BCUT2D eigenvalue weighted by atomic mass is 9.98. The van der Waals surface area contributed by atoms with Crippen molar-refractivity contribution in [3.8, 4) is 17.2 Å². The van der Waals surface area contributed by atoms with Crippen molar-refractivity contribution >= 4 is 0 Å². The Balaban J connectivity index is 2.00. The van der Waals surface area contributed by atoms with Gasteiger partial charge in [0.1, 0.15) is 5.75 Å². The van der Waals surface area contributed by atoms with Crippen LogP contribution in [-0.2, 0) is 0 Å². The first-order valence-electron chi connectivity index (χ1n) is 7.22. The van der Waals surface area contributed by atoms with Crippen LogP contribution in [0.2, 0.25) is 0 Å². The van der Waals surface area contributed by atoms with Crippen LogP contribution in [0.5, 0.6) is 17.2 Å². The third-order valence-corrected chi connectivity index (χ3v) is 4.23. The van der Waals surface area contributed by atoms with E-state index in [2.05, 4.69) is 11.9 Å². The van der Waals surface area contributed by atoms with Crippen molar-refractivity contribution in [3.05, 3.63) is 17.7 Å². The Morgan fingerprint density at radius 3 is 2.90 bits per heavy atom. The van der Waals surface area contributed by atoms with Gasteiger partial charge in [-0.1, -0.05) is 0 Å². The van der Waals surface area contributed by atoms with Crippen molar-refractivity contribution in [2.45, 2.75) is 18.9 Å². The molecule has 0 aliphatic carbocycles. The molecule has 0 radical (unpaired) electrons. The average molecular weight is 278 g/mol. The lowest BCUT2D eigenvalue weighted by Gasteiger charge is -2.23. The smallest absolute Gasteiger partial charge is 0.169 e. The number of fused-ring (bicyclic) bond motifs is 1. The number of aromatic hydroxyl groups is 1. The maximum Gasteiger partial charge on any atom is 0.169 e. The fraction of sp³-hybridized carbons (Fsp3) is 0.600. The van der Waals surface area contributed by atoms with Gasteiger partial charge < -0.3 is 20.3 Å². The Kier molecular flexibility index (Phi) is 3.72. The molecule has 20 heavy (non-hydrogen) atoms. The quantitative estimate of drug-likeness (QED) is 0.858. The second-order valence-electron chi connectivity index (χ2n) is 5.67. The minimum atomic E-state index is 0.139. The Labute approximate surface area is 119 Å². The molecule has 2 aliphatic heterocycles. The first-order valence-corrected chi connectivity index (χ1v) is 7.22. The molecule has 2 atom stereocenters. The summed E-state index contributed by atoms with van der Waals surface area (Å²) in [5.41, 5.74) is 6.64. The second-order valence-corrected chi connectivity index (χ2v) is 5.67. The van der Waals surface area contributed by atoms with Gasteiger partial charge in [0.25, 0.3) is 0 Å². The third-order valence-electron chi connectivity index (χ3n) is 4.23. The molecule has 0 bridgehead atoms. The highest BCUT2D eigenvalue weighted by Gasteiger charge is 2.35. The van der Waals surface area contributed by atoms with Crippen LogP contribution in [0.1, 0.15) is 24.4 Å². The largest absolute Gasteiger partial charge is 0.507 e. The van der Waals surface area contributed by atoms with E-state index in [0.29, 0.717) is 31.4 Å². The van der Waals surface area contributed by atoms with Crippen LogP contribution >= 0.6 is 0 Å². The highest BCUT2D eigenvalue weighted by Crippen LogP contribution is 2.47. The lowest BCUT2D eigenvalue weighted by molar-refractivity contribution is 0.276. The number of nitrogens with two attached hydrogens (primary N) is 1. The molecule has 1 saturated heterocycles. The summed E-state index contributed by atoms with van der Waals surface area (Å²) in [4.78, 5) is 2.24. The number of nitrogens with zero attached hydrogens (tertiary/aromatic N) is 1.